The minimum Gasteiger partial charge on any atom is -0.457 e. The molecular weight excluding hydrogens is 945 g/mol. The molecule has 2 atom stereocenters. The number of fused-ring (bicyclic) bond motifs is 2. The lowest BCUT2D eigenvalue weighted by atomic mass is 9.96. The van der Waals surface area contributed by atoms with Crippen molar-refractivity contribution in [3.63, 3.8) is 0 Å². The van der Waals surface area contributed by atoms with Gasteiger partial charge in [-0.25, -0.2) is 9.59 Å². The van der Waals surface area contributed by atoms with Crippen LogP contribution in [-0.4, -0.2) is 34.7 Å². The Hall–Kier alpha value is -8.58. The predicted molar refractivity (Wildman–Crippen MR) is 294 cm³/mol. The molecule has 0 saturated carbocycles. The number of carbonyl (C=O) groups excluding carboxylic acids is 4. The average molecular weight is 1010 g/mol. The van der Waals surface area contributed by atoms with Gasteiger partial charge in [0.25, 0.3) is 11.8 Å². The van der Waals surface area contributed by atoms with E-state index >= 15 is 9.59 Å². The molecule has 75 heavy (non-hydrogen) atoms. The number of hydrogen-bond donors (Lipinski definition) is 2. The van der Waals surface area contributed by atoms with Crippen LogP contribution in [0.15, 0.2) is 176 Å². The van der Waals surface area contributed by atoms with Crippen LogP contribution in [0.25, 0.3) is 21.9 Å². The third-order valence-electron chi connectivity index (χ3n) is 12.5. The van der Waals surface area contributed by atoms with Crippen LogP contribution in [0.5, 0.6) is 11.5 Å². The molecule has 8 rings (SSSR count). The maximum atomic E-state index is 15.0. The Bertz CT molecular complexity index is 3280. The molecule has 8 aromatic rings. The third kappa shape index (κ3) is 12.1. The first kappa shape index (κ1) is 52.7. The van der Waals surface area contributed by atoms with E-state index in [1.807, 2.05) is 90.1 Å². The summed E-state index contributed by atoms with van der Waals surface area (Å²) in [4.78, 5) is 89.0. The van der Waals surface area contributed by atoms with Crippen LogP contribution in [0.2, 0.25) is 0 Å². The molecule has 6 aromatic carbocycles. The molecule has 0 aliphatic rings. The van der Waals surface area contributed by atoms with Gasteiger partial charge in [-0.1, -0.05) is 113 Å². The number of nitrogens with one attached hydrogen (secondary N) is 2. The summed E-state index contributed by atoms with van der Waals surface area (Å²) < 4.78 is 17.6. The second kappa shape index (κ2) is 21.5. The van der Waals surface area contributed by atoms with Crippen LogP contribution >= 0.6 is 0 Å². The molecule has 2 aromatic heterocycles. The first-order chi connectivity index (χ1) is 35.5. The zero-order valence-corrected chi connectivity index (χ0v) is 43.9. The number of benzene rings is 6. The third-order valence-corrected chi connectivity index (χ3v) is 12.5. The van der Waals surface area contributed by atoms with Gasteiger partial charge in [0.15, 0.2) is 0 Å². The number of carbonyl (C=O) groups is 4. The summed E-state index contributed by atoms with van der Waals surface area (Å²) >= 11 is 0. The van der Waals surface area contributed by atoms with Gasteiger partial charge in [-0.3, -0.25) is 29.0 Å². The van der Waals surface area contributed by atoms with Crippen molar-refractivity contribution in [1.29, 1.82) is 0 Å². The van der Waals surface area contributed by atoms with Gasteiger partial charge in [0.2, 0.25) is 11.8 Å². The SMILES string of the molecule is CC(C)c1ccc(C(C(=O)NC(C)(C)C)N(C(=O)c2cc3ccccc3oc2=O)c2ccc(Oc3ccc(N(C(=O)c4cc5ccccc5oc4=O)C(C(=O)NC(C)(C)C)c4ccc(C(C)C)cc4)cc3)cc2)cc1. The lowest BCUT2D eigenvalue weighted by Gasteiger charge is -2.34. The second-order valence-electron chi connectivity index (χ2n) is 21.3. The van der Waals surface area contributed by atoms with E-state index in [1.165, 1.54) is 21.9 Å². The lowest BCUT2D eigenvalue weighted by molar-refractivity contribution is -0.124. The second-order valence-corrected chi connectivity index (χ2v) is 21.3. The highest BCUT2D eigenvalue weighted by atomic mass is 16.5. The van der Waals surface area contributed by atoms with Gasteiger partial charge in [-0.15, -0.1) is 0 Å². The van der Waals surface area contributed by atoms with Gasteiger partial charge in [0, 0.05) is 33.2 Å². The van der Waals surface area contributed by atoms with Crippen molar-refractivity contribution in [2.24, 2.45) is 0 Å². The molecule has 13 nitrogen and oxygen atoms in total. The minimum atomic E-state index is -1.24. The molecular formula is C62H62N4O9. The highest BCUT2D eigenvalue weighted by Gasteiger charge is 2.38. The van der Waals surface area contributed by atoms with E-state index in [9.17, 15) is 19.2 Å². The summed E-state index contributed by atoms with van der Waals surface area (Å²) in [5, 5.41) is 7.16. The number of ether oxygens (including phenoxy) is 1. The van der Waals surface area contributed by atoms with Crippen molar-refractivity contribution in [2.75, 3.05) is 9.80 Å². The maximum absolute atomic E-state index is 15.0. The molecule has 0 radical (unpaired) electrons. The Morgan fingerprint density at radius 2 is 0.773 bits per heavy atom. The zero-order chi connectivity index (χ0) is 53.9. The van der Waals surface area contributed by atoms with Gasteiger partial charge >= 0.3 is 11.3 Å². The fourth-order valence-electron chi connectivity index (χ4n) is 8.77. The van der Waals surface area contributed by atoms with Crippen LogP contribution in [0.1, 0.15) is 136 Å². The number of hydrogen-bond acceptors (Lipinski definition) is 9. The van der Waals surface area contributed by atoms with Gasteiger partial charge < -0.3 is 24.2 Å². The molecule has 0 aliphatic carbocycles. The molecule has 0 fully saturated rings. The molecule has 0 saturated heterocycles. The van der Waals surface area contributed by atoms with Crippen LogP contribution in [-0.2, 0) is 9.59 Å². The van der Waals surface area contributed by atoms with Crippen molar-refractivity contribution in [2.45, 2.75) is 104 Å². The Balaban J connectivity index is 1.18. The van der Waals surface area contributed by atoms with Crippen LogP contribution in [0, 0.1) is 0 Å². The lowest BCUT2D eigenvalue weighted by Crippen LogP contribution is -2.50. The van der Waals surface area contributed by atoms with Crippen LogP contribution in [0.4, 0.5) is 11.4 Å². The quantitative estimate of drug-likeness (QED) is 0.101. The maximum Gasteiger partial charge on any atom is 0.349 e. The van der Waals surface area contributed by atoms with E-state index in [1.54, 1.807) is 97.1 Å². The minimum absolute atomic E-state index is 0.203. The number of amides is 4. The Morgan fingerprint density at radius 3 is 1.09 bits per heavy atom. The Morgan fingerprint density at radius 1 is 0.453 bits per heavy atom. The smallest absolute Gasteiger partial charge is 0.349 e. The average Bonchev–Trinajstić information content (AvgIpc) is 3.36. The molecule has 0 aliphatic heterocycles. The van der Waals surface area contributed by atoms with E-state index in [0.29, 0.717) is 44.6 Å². The van der Waals surface area contributed by atoms with Crippen molar-refractivity contribution < 1.29 is 32.7 Å². The first-order valence-electron chi connectivity index (χ1n) is 25.0. The molecule has 2 heterocycles. The molecule has 13 heteroatoms. The molecule has 4 amide bonds. The predicted octanol–water partition coefficient (Wildman–Crippen LogP) is 12.5. The van der Waals surface area contributed by atoms with E-state index < -0.39 is 58.0 Å². The Labute approximate surface area is 436 Å². The fourth-order valence-corrected chi connectivity index (χ4v) is 8.77. The largest absolute Gasteiger partial charge is 0.457 e. The zero-order valence-electron chi connectivity index (χ0n) is 43.9. The number of nitrogens with zero attached hydrogens (tertiary/aromatic N) is 2. The van der Waals surface area contributed by atoms with E-state index in [2.05, 4.69) is 38.3 Å². The van der Waals surface area contributed by atoms with Crippen molar-refractivity contribution in [1.82, 2.24) is 10.6 Å². The molecule has 384 valence electrons. The first-order valence-corrected chi connectivity index (χ1v) is 25.0. The topological polar surface area (TPSA) is 168 Å². The summed E-state index contributed by atoms with van der Waals surface area (Å²) in [6, 6.07) is 42.3. The summed E-state index contributed by atoms with van der Waals surface area (Å²) in [5.74, 6) is -1.37. The van der Waals surface area contributed by atoms with Crippen molar-refractivity contribution in [3.05, 3.63) is 212 Å². The molecule has 2 N–H and O–H groups in total. The fraction of sp³-hybridized carbons (Fsp3) is 0.258. The number of rotatable bonds is 14. The van der Waals surface area contributed by atoms with E-state index in [0.717, 1.165) is 11.1 Å². The van der Waals surface area contributed by atoms with Gasteiger partial charge in [0.05, 0.1) is 0 Å². The summed E-state index contributed by atoms with van der Waals surface area (Å²) in [7, 11) is 0. The summed E-state index contributed by atoms with van der Waals surface area (Å²) in [6.07, 6.45) is 0. The van der Waals surface area contributed by atoms with Gasteiger partial charge in [-0.2, -0.15) is 0 Å². The van der Waals surface area contributed by atoms with Gasteiger partial charge in [0.1, 0.15) is 45.9 Å². The van der Waals surface area contributed by atoms with E-state index in [4.69, 9.17) is 13.6 Å². The molecule has 2 unspecified atom stereocenters. The normalized spacial score (nSPS) is 12.6. The van der Waals surface area contributed by atoms with Gasteiger partial charge in [-0.05, 0) is 148 Å². The number of para-hydroxylation sites is 2. The van der Waals surface area contributed by atoms with Crippen LogP contribution < -0.4 is 36.4 Å². The van der Waals surface area contributed by atoms with Crippen LogP contribution in [0.3, 0.4) is 0 Å². The molecule has 0 bridgehead atoms. The molecule has 0 spiro atoms. The van der Waals surface area contributed by atoms with Crippen molar-refractivity contribution in [3.8, 4) is 11.5 Å². The monoisotopic (exact) mass is 1010 g/mol. The highest BCUT2D eigenvalue weighted by molar-refractivity contribution is 6.12. The standard InChI is InChI=1S/C62H62N4O9/c1-37(2)39-19-23-41(24-20-39)53(55(67)63-61(5,6)7)65(57(69)49-35-43-15-11-13-17-51(43)74-59(49)71)45-27-31-47(32-28-45)73-48-33-29-46(30-34-48)66(58(70)50-36-44-16-12-14-18-52(44)75-60(50)72)54(56(68)64-62(8,9)10)42-25-21-40(22-26-42)38(3)4/h11-38,53-54H,1-10H3,(H,63,67)(H,64,68). The number of anilines is 2. The highest BCUT2D eigenvalue weighted by Crippen LogP contribution is 2.36. The van der Waals surface area contributed by atoms with Crippen molar-refractivity contribution >= 4 is 56.9 Å². The summed E-state index contributed by atoms with van der Waals surface area (Å²) in [6.45, 7) is 19.3. The Kier molecular flexibility index (Phi) is 15.1. The van der Waals surface area contributed by atoms with E-state index in [-0.39, 0.29) is 34.3 Å². The summed E-state index contributed by atoms with van der Waals surface area (Å²) in [5.41, 5.74) is 0.670.